The Morgan fingerprint density at radius 2 is 2.07 bits per heavy atom. The number of methoxy groups -OCH3 is 2. The molecule has 0 bridgehead atoms. The predicted molar refractivity (Wildman–Crippen MR) is 110 cm³/mol. The highest BCUT2D eigenvalue weighted by Crippen LogP contribution is 2.34. The van der Waals surface area contributed by atoms with Crippen molar-refractivity contribution in [2.24, 2.45) is 0 Å². The average molecular weight is 417 g/mol. The third-order valence-corrected chi connectivity index (χ3v) is 5.52. The van der Waals surface area contributed by atoms with Crippen LogP contribution in [0.15, 0.2) is 29.8 Å². The number of likely N-dealkylation sites (N-methyl/N-ethyl adjacent to an activating group) is 1. The first-order valence-corrected chi connectivity index (χ1v) is 10.0. The minimum Gasteiger partial charge on any atom is -0.497 e. The van der Waals surface area contributed by atoms with Crippen molar-refractivity contribution in [2.75, 3.05) is 27.3 Å². The molecule has 8 nitrogen and oxygen atoms in total. The number of carbonyl (C=O) groups is 2. The maximum atomic E-state index is 12.6. The Morgan fingerprint density at radius 3 is 2.72 bits per heavy atom. The Labute approximate surface area is 172 Å². The monoisotopic (exact) mass is 417 g/mol. The van der Waals surface area contributed by atoms with Gasteiger partial charge in [0.25, 0.3) is 0 Å². The molecule has 154 valence electrons. The molecule has 0 aliphatic rings. The van der Waals surface area contributed by atoms with Crippen LogP contribution in [0.4, 0.5) is 0 Å². The molecule has 3 rings (SSSR count). The second-order valence-electron chi connectivity index (χ2n) is 6.37. The normalized spacial score (nSPS) is 10.9. The van der Waals surface area contributed by atoms with Crippen molar-refractivity contribution in [1.82, 2.24) is 14.3 Å². The lowest BCUT2D eigenvalue weighted by Crippen LogP contribution is -2.34. The van der Waals surface area contributed by atoms with Gasteiger partial charge in [-0.3, -0.25) is 14.0 Å². The molecule has 0 atom stereocenters. The van der Waals surface area contributed by atoms with Gasteiger partial charge in [-0.25, -0.2) is 4.98 Å². The van der Waals surface area contributed by atoms with E-state index in [9.17, 15) is 9.59 Å². The molecule has 0 fully saturated rings. The summed E-state index contributed by atoms with van der Waals surface area (Å²) in [5.74, 6) is 0.355. The summed E-state index contributed by atoms with van der Waals surface area (Å²) in [6.45, 7) is 2.51. The molecular weight excluding hydrogens is 394 g/mol. The first-order chi connectivity index (χ1) is 14.0. The number of thiazole rings is 1. The van der Waals surface area contributed by atoms with Crippen molar-refractivity contribution in [2.45, 2.75) is 19.8 Å². The van der Waals surface area contributed by atoms with Gasteiger partial charge in [0.15, 0.2) is 4.96 Å². The molecule has 9 heteroatoms. The smallest absolute Gasteiger partial charge is 0.305 e. The van der Waals surface area contributed by atoms with Gasteiger partial charge < -0.3 is 19.5 Å². The van der Waals surface area contributed by atoms with Gasteiger partial charge in [0, 0.05) is 35.9 Å². The molecule has 0 unspecified atom stereocenters. The van der Waals surface area contributed by atoms with Crippen molar-refractivity contribution in [3.63, 3.8) is 0 Å². The van der Waals surface area contributed by atoms with Gasteiger partial charge in [0.2, 0.25) is 5.91 Å². The van der Waals surface area contributed by atoms with E-state index in [4.69, 9.17) is 14.6 Å². The Bertz CT molecular complexity index is 1030. The highest BCUT2D eigenvalue weighted by atomic mass is 32.1. The van der Waals surface area contributed by atoms with E-state index in [-0.39, 0.29) is 25.3 Å². The van der Waals surface area contributed by atoms with Crippen molar-refractivity contribution < 1.29 is 24.2 Å². The molecule has 29 heavy (non-hydrogen) atoms. The molecule has 1 N–H and O–H groups in total. The van der Waals surface area contributed by atoms with E-state index in [1.165, 1.54) is 11.3 Å². The lowest BCUT2D eigenvalue weighted by atomic mass is 10.1. The number of imidazole rings is 1. The van der Waals surface area contributed by atoms with Crippen LogP contribution >= 0.6 is 11.3 Å². The van der Waals surface area contributed by atoms with Crippen LogP contribution < -0.4 is 9.47 Å². The minimum absolute atomic E-state index is 0.0660. The third kappa shape index (κ3) is 4.51. The predicted octanol–water partition coefficient (Wildman–Crippen LogP) is 2.95. The zero-order chi connectivity index (χ0) is 21.0. The Morgan fingerprint density at radius 1 is 1.28 bits per heavy atom. The third-order valence-electron chi connectivity index (χ3n) is 4.63. The number of carboxylic acid groups (broad SMARTS) is 1. The average Bonchev–Trinajstić information content (AvgIpc) is 3.29. The van der Waals surface area contributed by atoms with Crippen LogP contribution in [0.25, 0.3) is 16.2 Å². The van der Waals surface area contributed by atoms with Gasteiger partial charge in [-0.2, -0.15) is 0 Å². The number of aliphatic carboxylic acids is 1. The second-order valence-corrected chi connectivity index (χ2v) is 7.20. The van der Waals surface area contributed by atoms with Crippen LogP contribution in [-0.2, 0) is 16.0 Å². The molecule has 2 heterocycles. The molecule has 0 aliphatic heterocycles. The molecule has 0 spiro atoms. The molecule has 1 aromatic carbocycles. The summed E-state index contributed by atoms with van der Waals surface area (Å²) < 4.78 is 12.6. The van der Waals surface area contributed by atoms with E-state index in [0.717, 1.165) is 21.9 Å². The lowest BCUT2D eigenvalue weighted by Gasteiger charge is -2.19. The zero-order valence-electron chi connectivity index (χ0n) is 16.5. The largest absolute Gasteiger partial charge is 0.497 e. The molecular formula is C20H23N3O5S. The Hall–Kier alpha value is -3.07. The van der Waals surface area contributed by atoms with E-state index in [1.807, 2.05) is 41.1 Å². The topological polar surface area (TPSA) is 93.4 Å². The standard InChI is InChI=1S/C20H23N3O5S/c1-4-22(8-7-19(25)26)18(24)9-13-12-29-20-21-16(11-23(13)20)15-10-14(27-2)5-6-17(15)28-3/h5-6,10-12H,4,7-9H2,1-3H3,(H,25,26). The molecule has 0 aliphatic carbocycles. The Balaban J connectivity index is 1.87. The van der Waals surface area contributed by atoms with E-state index in [0.29, 0.717) is 18.0 Å². The summed E-state index contributed by atoms with van der Waals surface area (Å²) in [5, 5.41) is 10.8. The fourth-order valence-electron chi connectivity index (χ4n) is 3.06. The van der Waals surface area contributed by atoms with Crippen LogP contribution in [-0.4, -0.2) is 58.6 Å². The number of carbonyl (C=O) groups excluding carboxylic acids is 1. The number of fused-ring (bicyclic) bond motifs is 1. The fourth-order valence-corrected chi connectivity index (χ4v) is 3.93. The van der Waals surface area contributed by atoms with Gasteiger partial charge in [-0.15, -0.1) is 11.3 Å². The maximum Gasteiger partial charge on any atom is 0.305 e. The maximum absolute atomic E-state index is 12.6. The van der Waals surface area contributed by atoms with Crippen molar-refractivity contribution in [1.29, 1.82) is 0 Å². The second kappa shape index (κ2) is 8.95. The summed E-state index contributed by atoms with van der Waals surface area (Å²) in [6, 6.07) is 5.51. The van der Waals surface area contributed by atoms with E-state index in [1.54, 1.807) is 19.1 Å². The van der Waals surface area contributed by atoms with Crippen LogP contribution in [0.3, 0.4) is 0 Å². The molecule has 0 saturated carbocycles. The molecule has 0 saturated heterocycles. The quantitative estimate of drug-likeness (QED) is 0.575. The number of aromatic nitrogens is 2. The highest BCUT2D eigenvalue weighted by Gasteiger charge is 2.18. The zero-order valence-corrected chi connectivity index (χ0v) is 17.4. The number of amides is 1. The van der Waals surface area contributed by atoms with E-state index in [2.05, 4.69) is 4.98 Å². The number of carboxylic acids is 1. The van der Waals surface area contributed by atoms with Gasteiger partial charge in [-0.1, -0.05) is 0 Å². The number of nitrogens with zero attached hydrogens (tertiary/aromatic N) is 3. The number of hydrogen-bond donors (Lipinski definition) is 1. The van der Waals surface area contributed by atoms with Crippen LogP contribution in [0.5, 0.6) is 11.5 Å². The van der Waals surface area contributed by atoms with Crippen molar-refractivity contribution >= 4 is 28.2 Å². The fraction of sp³-hybridized carbons (Fsp3) is 0.350. The van der Waals surface area contributed by atoms with E-state index < -0.39 is 5.97 Å². The van der Waals surface area contributed by atoms with Gasteiger partial charge in [-0.05, 0) is 25.1 Å². The van der Waals surface area contributed by atoms with Gasteiger partial charge in [0.05, 0.1) is 32.8 Å². The summed E-state index contributed by atoms with van der Waals surface area (Å²) in [5.41, 5.74) is 2.33. The van der Waals surface area contributed by atoms with E-state index >= 15 is 0 Å². The summed E-state index contributed by atoms with van der Waals surface area (Å²) >= 11 is 1.45. The SMILES string of the molecule is CCN(CCC(=O)O)C(=O)Cc1csc2nc(-c3cc(OC)ccc3OC)cn12. The van der Waals surface area contributed by atoms with Crippen LogP contribution in [0, 0.1) is 0 Å². The first kappa shape index (κ1) is 20.7. The Kier molecular flexibility index (Phi) is 6.38. The lowest BCUT2D eigenvalue weighted by molar-refractivity contribution is -0.138. The number of benzene rings is 1. The number of hydrogen-bond acceptors (Lipinski definition) is 6. The summed E-state index contributed by atoms with van der Waals surface area (Å²) in [7, 11) is 3.20. The van der Waals surface area contributed by atoms with Crippen LogP contribution in [0.2, 0.25) is 0 Å². The summed E-state index contributed by atoms with van der Waals surface area (Å²) in [4.78, 5) is 30.4. The van der Waals surface area contributed by atoms with Crippen molar-refractivity contribution in [3.05, 3.63) is 35.5 Å². The van der Waals surface area contributed by atoms with Gasteiger partial charge >= 0.3 is 5.97 Å². The molecule has 0 radical (unpaired) electrons. The minimum atomic E-state index is -0.916. The van der Waals surface area contributed by atoms with Crippen molar-refractivity contribution in [3.8, 4) is 22.8 Å². The molecule has 2 aromatic heterocycles. The first-order valence-electron chi connectivity index (χ1n) is 9.14. The summed E-state index contributed by atoms with van der Waals surface area (Å²) in [6.07, 6.45) is 1.99. The molecule has 3 aromatic rings. The highest BCUT2D eigenvalue weighted by molar-refractivity contribution is 7.15. The van der Waals surface area contributed by atoms with Crippen LogP contribution in [0.1, 0.15) is 19.0 Å². The van der Waals surface area contributed by atoms with Gasteiger partial charge in [0.1, 0.15) is 11.5 Å². The number of ether oxygens (including phenoxy) is 2. The number of rotatable bonds is 9. The molecule has 1 amide bonds.